The third-order valence-electron chi connectivity index (χ3n) is 3.36. The molecule has 1 aromatic rings. The third kappa shape index (κ3) is 4.16. The van der Waals surface area contributed by atoms with Crippen LogP contribution in [-0.2, 0) is 11.3 Å². The molecule has 1 aromatic carbocycles. The second-order valence-electron chi connectivity index (χ2n) is 4.83. The van der Waals surface area contributed by atoms with Gasteiger partial charge in [-0.3, -0.25) is 4.79 Å². The number of nitrogens with zero attached hydrogens (tertiary/aromatic N) is 1. The molecule has 1 aliphatic rings. The van der Waals surface area contributed by atoms with Crippen molar-refractivity contribution in [3.8, 4) is 0 Å². The van der Waals surface area contributed by atoms with Crippen LogP contribution in [0.25, 0.3) is 0 Å². The lowest BCUT2D eigenvalue weighted by molar-refractivity contribution is -0.133. The summed E-state index contributed by atoms with van der Waals surface area (Å²) in [5.74, 6) is -0.335. The summed E-state index contributed by atoms with van der Waals surface area (Å²) in [5.41, 5.74) is 0.772. The Morgan fingerprint density at radius 1 is 1.55 bits per heavy atom. The van der Waals surface area contributed by atoms with Gasteiger partial charge in [0.25, 0.3) is 0 Å². The van der Waals surface area contributed by atoms with E-state index in [9.17, 15) is 14.3 Å². The van der Waals surface area contributed by atoms with Gasteiger partial charge in [-0.15, -0.1) is 12.4 Å². The van der Waals surface area contributed by atoms with Crippen molar-refractivity contribution in [3.63, 3.8) is 0 Å². The second-order valence-corrected chi connectivity index (χ2v) is 4.83. The monoisotopic (exact) mass is 302 g/mol. The van der Waals surface area contributed by atoms with Crippen LogP contribution in [0.5, 0.6) is 0 Å². The number of hydrogen-bond donors (Lipinski definition) is 2. The molecule has 2 unspecified atom stereocenters. The Labute approximate surface area is 124 Å². The van der Waals surface area contributed by atoms with Crippen LogP contribution in [-0.4, -0.2) is 41.1 Å². The summed E-state index contributed by atoms with van der Waals surface area (Å²) >= 11 is 0. The van der Waals surface area contributed by atoms with Crippen LogP contribution in [0.3, 0.4) is 0 Å². The van der Waals surface area contributed by atoms with E-state index in [1.165, 1.54) is 12.1 Å². The van der Waals surface area contributed by atoms with Gasteiger partial charge < -0.3 is 15.3 Å². The number of amides is 1. The minimum atomic E-state index is -0.457. The van der Waals surface area contributed by atoms with Crippen molar-refractivity contribution in [1.82, 2.24) is 10.2 Å². The van der Waals surface area contributed by atoms with Crippen LogP contribution < -0.4 is 5.32 Å². The summed E-state index contributed by atoms with van der Waals surface area (Å²) < 4.78 is 13.1. The second kappa shape index (κ2) is 7.57. The molecule has 6 heteroatoms. The largest absolute Gasteiger partial charge is 0.392 e. The van der Waals surface area contributed by atoms with E-state index in [0.717, 1.165) is 5.56 Å². The fourth-order valence-corrected chi connectivity index (χ4v) is 2.33. The molecule has 0 aliphatic carbocycles. The van der Waals surface area contributed by atoms with Gasteiger partial charge in [0.05, 0.1) is 12.1 Å². The molecule has 0 bridgehead atoms. The molecule has 2 N–H and O–H groups in total. The third-order valence-corrected chi connectivity index (χ3v) is 3.36. The number of likely N-dealkylation sites (N-methyl/N-ethyl adjacent to an activating group) is 1. The zero-order chi connectivity index (χ0) is 13.8. The maximum Gasteiger partial charge on any atom is 0.240 e. The van der Waals surface area contributed by atoms with Crippen LogP contribution >= 0.6 is 12.4 Å². The molecule has 1 amide bonds. The van der Waals surface area contributed by atoms with Gasteiger partial charge in [-0.05, 0) is 31.0 Å². The molecule has 4 nitrogen and oxygen atoms in total. The average Bonchev–Trinajstić information content (AvgIpc) is 2.82. The molecule has 0 spiro atoms. The molecule has 1 saturated heterocycles. The molecule has 112 valence electrons. The lowest BCUT2D eigenvalue weighted by Crippen LogP contribution is -2.43. The van der Waals surface area contributed by atoms with Gasteiger partial charge in [0.1, 0.15) is 5.82 Å². The van der Waals surface area contributed by atoms with Crippen LogP contribution in [0.15, 0.2) is 24.3 Å². The van der Waals surface area contributed by atoms with E-state index in [0.29, 0.717) is 26.1 Å². The molecule has 2 atom stereocenters. The van der Waals surface area contributed by atoms with Crippen molar-refractivity contribution < 1.29 is 14.3 Å². The number of benzene rings is 1. The molecule has 1 heterocycles. The number of rotatable bonds is 4. The number of aliphatic hydroxyl groups excluding tert-OH is 1. The highest BCUT2D eigenvalue weighted by Crippen LogP contribution is 2.13. The molecule has 0 saturated carbocycles. The number of hydrogen-bond acceptors (Lipinski definition) is 3. The Hall–Kier alpha value is -1.17. The normalized spacial score (nSPS) is 21.4. The Morgan fingerprint density at radius 3 is 2.85 bits per heavy atom. The van der Waals surface area contributed by atoms with Crippen molar-refractivity contribution in [2.24, 2.45) is 0 Å². The Kier molecular flexibility index (Phi) is 6.39. The first-order valence-electron chi connectivity index (χ1n) is 6.55. The van der Waals surface area contributed by atoms with E-state index in [1.807, 2.05) is 6.92 Å². The van der Waals surface area contributed by atoms with Gasteiger partial charge in [-0.25, -0.2) is 4.39 Å². The summed E-state index contributed by atoms with van der Waals surface area (Å²) in [5, 5.41) is 12.4. The van der Waals surface area contributed by atoms with Crippen molar-refractivity contribution in [2.75, 3.05) is 13.1 Å². The fourth-order valence-electron chi connectivity index (χ4n) is 2.33. The lowest BCUT2D eigenvalue weighted by Gasteiger charge is -2.24. The van der Waals surface area contributed by atoms with Gasteiger partial charge >= 0.3 is 0 Å². The van der Waals surface area contributed by atoms with Crippen LogP contribution in [0.2, 0.25) is 0 Å². The Morgan fingerprint density at radius 2 is 2.30 bits per heavy atom. The highest BCUT2D eigenvalue weighted by Gasteiger charge is 2.30. The molecule has 0 radical (unpaired) electrons. The molecule has 1 fully saturated rings. The van der Waals surface area contributed by atoms with Gasteiger partial charge in [-0.2, -0.15) is 0 Å². The van der Waals surface area contributed by atoms with Crippen LogP contribution in [0.4, 0.5) is 4.39 Å². The maximum atomic E-state index is 13.1. The zero-order valence-corrected chi connectivity index (χ0v) is 12.2. The van der Waals surface area contributed by atoms with E-state index >= 15 is 0 Å². The summed E-state index contributed by atoms with van der Waals surface area (Å²) in [6, 6.07) is 5.93. The highest BCUT2D eigenvalue weighted by molar-refractivity contribution is 5.85. The van der Waals surface area contributed by atoms with E-state index in [2.05, 4.69) is 5.32 Å². The molecule has 1 aliphatic heterocycles. The molecule has 0 aromatic heterocycles. The van der Waals surface area contributed by atoms with Gasteiger partial charge in [0.15, 0.2) is 0 Å². The average molecular weight is 303 g/mol. The van der Waals surface area contributed by atoms with E-state index in [4.69, 9.17) is 0 Å². The number of halogens is 2. The summed E-state index contributed by atoms with van der Waals surface area (Å²) in [4.78, 5) is 13.9. The minimum Gasteiger partial charge on any atom is -0.392 e. The molecule has 20 heavy (non-hydrogen) atoms. The van der Waals surface area contributed by atoms with Crippen molar-refractivity contribution >= 4 is 18.3 Å². The minimum absolute atomic E-state index is 0. The number of carbonyl (C=O) groups excluding carboxylic acids is 1. The maximum absolute atomic E-state index is 13.1. The zero-order valence-electron chi connectivity index (χ0n) is 11.4. The number of aliphatic hydroxyl groups is 1. The van der Waals surface area contributed by atoms with Gasteiger partial charge in [0, 0.05) is 19.6 Å². The molecular weight excluding hydrogens is 283 g/mol. The first-order valence-corrected chi connectivity index (χ1v) is 6.55. The van der Waals surface area contributed by atoms with E-state index in [-0.39, 0.29) is 30.2 Å². The van der Waals surface area contributed by atoms with Crippen molar-refractivity contribution in [2.45, 2.75) is 32.0 Å². The van der Waals surface area contributed by atoms with Crippen molar-refractivity contribution in [3.05, 3.63) is 35.6 Å². The first-order chi connectivity index (χ1) is 9.10. The number of β-amino-alcohol motifs (C(OH)–C–C–N with tert-alkyl or cyclic N) is 1. The Bertz CT molecular complexity index is 459. The number of carbonyl (C=O) groups is 1. The fraction of sp³-hybridized carbons (Fsp3) is 0.500. The SMILES string of the molecule is CCN(Cc1cccc(F)c1)C(=O)C1CC(O)CN1.Cl. The van der Waals surface area contributed by atoms with Crippen molar-refractivity contribution in [1.29, 1.82) is 0 Å². The summed E-state index contributed by atoms with van der Waals surface area (Å²) in [6.07, 6.45) is -0.0137. The standard InChI is InChI=1S/C14H19FN2O2.ClH/c1-2-17(9-10-4-3-5-11(15)6-10)14(19)13-7-12(18)8-16-13;/h3-6,12-13,16,18H,2,7-9H2,1H3;1H. The molecular formula is C14H20ClFN2O2. The van der Waals surface area contributed by atoms with Crippen LogP contribution in [0, 0.1) is 5.82 Å². The predicted octanol–water partition coefficient (Wildman–Crippen LogP) is 1.32. The lowest BCUT2D eigenvalue weighted by atomic mass is 10.1. The topological polar surface area (TPSA) is 52.6 Å². The summed E-state index contributed by atoms with van der Waals surface area (Å²) in [6.45, 7) is 3.29. The van der Waals surface area contributed by atoms with E-state index < -0.39 is 6.10 Å². The smallest absolute Gasteiger partial charge is 0.240 e. The van der Waals surface area contributed by atoms with Gasteiger partial charge in [0.2, 0.25) is 5.91 Å². The Balaban J connectivity index is 0.00000200. The van der Waals surface area contributed by atoms with Gasteiger partial charge in [-0.1, -0.05) is 12.1 Å². The predicted molar refractivity (Wildman–Crippen MR) is 77.2 cm³/mol. The first kappa shape index (κ1) is 16.9. The highest BCUT2D eigenvalue weighted by atomic mass is 35.5. The summed E-state index contributed by atoms with van der Waals surface area (Å²) in [7, 11) is 0. The van der Waals surface area contributed by atoms with E-state index in [1.54, 1.807) is 17.0 Å². The number of nitrogens with one attached hydrogen (secondary N) is 1. The van der Waals surface area contributed by atoms with Crippen LogP contribution in [0.1, 0.15) is 18.9 Å². The molecule has 2 rings (SSSR count). The quantitative estimate of drug-likeness (QED) is 0.882.